The number of carbonyl (C=O) groups is 1. The number of alkyl halides is 1. The summed E-state index contributed by atoms with van der Waals surface area (Å²) in [5, 5.41) is 2.91. The van der Waals surface area contributed by atoms with Crippen molar-refractivity contribution in [1.82, 2.24) is 10.3 Å². The van der Waals surface area contributed by atoms with E-state index in [1.54, 1.807) is 12.4 Å². The van der Waals surface area contributed by atoms with E-state index in [4.69, 9.17) is 0 Å². The average molecular weight is 285 g/mol. The van der Waals surface area contributed by atoms with Gasteiger partial charge in [-0.1, -0.05) is 29.8 Å². The molecule has 0 saturated heterocycles. The third kappa shape index (κ3) is 3.59. The van der Waals surface area contributed by atoms with Gasteiger partial charge in [0.2, 0.25) is 5.91 Å². The highest BCUT2D eigenvalue weighted by Gasteiger charge is 2.17. The lowest BCUT2D eigenvalue weighted by molar-refractivity contribution is -0.121. The molecule has 0 bridgehead atoms. The number of carbonyl (C=O) groups excluding carboxylic acids is 1. The van der Waals surface area contributed by atoms with E-state index < -0.39 is 0 Å². The Kier molecular flexibility index (Phi) is 4.93. The maximum atomic E-state index is 11.7. The second-order valence-electron chi connectivity index (χ2n) is 4.17. The molecule has 0 spiro atoms. The molecular weight excluding hydrogens is 268 g/mol. The third-order valence-corrected chi connectivity index (χ3v) is 3.90. The van der Waals surface area contributed by atoms with Crippen molar-refractivity contribution in [3.63, 3.8) is 0 Å². The Morgan fingerprint density at radius 2 is 2.25 bits per heavy atom. The molecule has 1 atom stereocenters. The zero-order valence-electron chi connectivity index (χ0n) is 9.83. The Bertz CT molecular complexity index is 366. The van der Waals surface area contributed by atoms with Crippen LogP contribution in [0.3, 0.4) is 0 Å². The standard InChI is InChI=1S/C12H17BrN2O/c1-8(2)11(13)12(16)15-7-10-4-5-14-6-9(10)3/h4-6,8,11H,7H2,1-3H3,(H,15,16). The molecular formula is C12H17BrN2O. The van der Waals surface area contributed by atoms with Gasteiger partial charge in [-0.25, -0.2) is 0 Å². The van der Waals surface area contributed by atoms with Crippen LogP contribution in [0.4, 0.5) is 0 Å². The van der Waals surface area contributed by atoms with Gasteiger partial charge >= 0.3 is 0 Å². The second kappa shape index (κ2) is 5.99. The lowest BCUT2D eigenvalue weighted by Crippen LogP contribution is -2.33. The smallest absolute Gasteiger partial charge is 0.234 e. The number of pyridine rings is 1. The number of halogens is 1. The molecule has 0 saturated carbocycles. The van der Waals surface area contributed by atoms with Gasteiger partial charge in [-0.2, -0.15) is 0 Å². The van der Waals surface area contributed by atoms with Gasteiger partial charge in [-0.3, -0.25) is 9.78 Å². The van der Waals surface area contributed by atoms with E-state index in [1.807, 2.05) is 26.8 Å². The van der Waals surface area contributed by atoms with E-state index >= 15 is 0 Å². The normalized spacial score (nSPS) is 12.6. The highest BCUT2D eigenvalue weighted by Crippen LogP contribution is 2.12. The summed E-state index contributed by atoms with van der Waals surface area (Å²) >= 11 is 3.38. The maximum Gasteiger partial charge on any atom is 0.234 e. The van der Waals surface area contributed by atoms with Crippen LogP contribution in [0.2, 0.25) is 0 Å². The molecule has 1 aromatic rings. The molecule has 4 heteroatoms. The molecule has 1 aromatic heterocycles. The molecule has 3 nitrogen and oxygen atoms in total. The van der Waals surface area contributed by atoms with E-state index in [9.17, 15) is 4.79 Å². The summed E-state index contributed by atoms with van der Waals surface area (Å²) in [4.78, 5) is 15.6. The summed E-state index contributed by atoms with van der Waals surface area (Å²) in [6.07, 6.45) is 3.54. The number of aryl methyl sites for hydroxylation is 1. The monoisotopic (exact) mass is 284 g/mol. The van der Waals surface area contributed by atoms with Crippen molar-refractivity contribution in [2.75, 3.05) is 0 Å². The first-order chi connectivity index (χ1) is 7.52. The molecule has 1 N–H and O–H groups in total. The lowest BCUT2D eigenvalue weighted by Gasteiger charge is -2.14. The zero-order valence-corrected chi connectivity index (χ0v) is 11.4. The second-order valence-corrected chi connectivity index (χ2v) is 5.15. The van der Waals surface area contributed by atoms with E-state index in [2.05, 4.69) is 26.2 Å². The quantitative estimate of drug-likeness (QED) is 0.863. The van der Waals surface area contributed by atoms with Crippen molar-refractivity contribution in [3.05, 3.63) is 29.6 Å². The van der Waals surface area contributed by atoms with Crippen LogP contribution in [0, 0.1) is 12.8 Å². The summed E-state index contributed by atoms with van der Waals surface area (Å²) in [5.41, 5.74) is 2.20. The summed E-state index contributed by atoms with van der Waals surface area (Å²) < 4.78 is 0. The van der Waals surface area contributed by atoms with Crippen LogP contribution in [-0.2, 0) is 11.3 Å². The highest BCUT2D eigenvalue weighted by molar-refractivity contribution is 9.10. The minimum Gasteiger partial charge on any atom is -0.351 e. The van der Waals surface area contributed by atoms with Crippen molar-refractivity contribution >= 4 is 21.8 Å². The molecule has 0 radical (unpaired) electrons. The minimum atomic E-state index is -0.130. The molecule has 1 heterocycles. The van der Waals surface area contributed by atoms with Crippen molar-refractivity contribution in [2.45, 2.75) is 32.1 Å². The Labute approximate surface area is 105 Å². The fourth-order valence-electron chi connectivity index (χ4n) is 1.28. The van der Waals surface area contributed by atoms with Crippen molar-refractivity contribution in [2.24, 2.45) is 5.92 Å². The highest BCUT2D eigenvalue weighted by atomic mass is 79.9. The molecule has 1 rings (SSSR count). The van der Waals surface area contributed by atoms with Crippen LogP contribution in [0.15, 0.2) is 18.5 Å². The van der Waals surface area contributed by atoms with Gasteiger partial charge in [-0.15, -0.1) is 0 Å². The van der Waals surface area contributed by atoms with Gasteiger partial charge in [0, 0.05) is 18.9 Å². The molecule has 0 fully saturated rings. The summed E-state index contributed by atoms with van der Waals surface area (Å²) in [7, 11) is 0. The van der Waals surface area contributed by atoms with Crippen LogP contribution in [-0.4, -0.2) is 15.7 Å². The predicted octanol–water partition coefficient (Wildman–Crippen LogP) is 2.43. The van der Waals surface area contributed by atoms with Gasteiger partial charge in [0.15, 0.2) is 0 Å². The van der Waals surface area contributed by atoms with Gasteiger partial charge in [-0.05, 0) is 30.0 Å². The summed E-state index contributed by atoms with van der Waals surface area (Å²) in [6.45, 7) is 6.57. The van der Waals surface area contributed by atoms with Crippen LogP contribution < -0.4 is 5.32 Å². The number of nitrogens with one attached hydrogen (secondary N) is 1. The first-order valence-corrected chi connectivity index (χ1v) is 6.25. The molecule has 1 unspecified atom stereocenters. The first kappa shape index (κ1) is 13.2. The number of amides is 1. The fraction of sp³-hybridized carbons (Fsp3) is 0.500. The molecule has 0 aliphatic rings. The minimum absolute atomic E-state index is 0.0335. The lowest BCUT2D eigenvalue weighted by atomic mass is 10.1. The van der Waals surface area contributed by atoms with Gasteiger partial charge in [0.1, 0.15) is 0 Å². The summed E-state index contributed by atoms with van der Waals surface area (Å²) in [5.74, 6) is 0.324. The van der Waals surface area contributed by atoms with Crippen LogP contribution in [0.5, 0.6) is 0 Å². The van der Waals surface area contributed by atoms with E-state index in [0.717, 1.165) is 11.1 Å². The predicted molar refractivity (Wildman–Crippen MR) is 68.4 cm³/mol. The maximum absolute atomic E-state index is 11.7. The van der Waals surface area contributed by atoms with Gasteiger partial charge < -0.3 is 5.32 Å². The largest absolute Gasteiger partial charge is 0.351 e. The van der Waals surface area contributed by atoms with Crippen molar-refractivity contribution in [1.29, 1.82) is 0 Å². The Morgan fingerprint density at radius 1 is 1.56 bits per heavy atom. The average Bonchev–Trinajstić information content (AvgIpc) is 2.26. The van der Waals surface area contributed by atoms with E-state index in [1.165, 1.54) is 0 Å². The first-order valence-electron chi connectivity index (χ1n) is 5.33. The van der Waals surface area contributed by atoms with Crippen LogP contribution >= 0.6 is 15.9 Å². The molecule has 16 heavy (non-hydrogen) atoms. The molecule has 0 aromatic carbocycles. The Hall–Kier alpha value is -0.900. The van der Waals surface area contributed by atoms with E-state index in [-0.39, 0.29) is 10.7 Å². The number of aromatic nitrogens is 1. The zero-order chi connectivity index (χ0) is 12.1. The van der Waals surface area contributed by atoms with Crippen LogP contribution in [0.25, 0.3) is 0 Å². The summed E-state index contributed by atoms with van der Waals surface area (Å²) in [6, 6.07) is 1.92. The van der Waals surface area contributed by atoms with Gasteiger partial charge in [0.05, 0.1) is 4.83 Å². The topological polar surface area (TPSA) is 42.0 Å². The van der Waals surface area contributed by atoms with Gasteiger partial charge in [0.25, 0.3) is 0 Å². The Balaban J connectivity index is 2.52. The number of hydrogen-bond acceptors (Lipinski definition) is 2. The third-order valence-electron chi connectivity index (χ3n) is 2.43. The van der Waals surface area contributed by atoms with Crippen LogP contribution in [0.1, 0.15) is 25.0 Å². The van der Waals surface area contributed by atoms with Crippen molar-refractivity contribution < 1.29 is 4.79 Å². The van der Waals surface area contributed by atoms with Crippen molar-refractivity contribution in [3.8, 4) is 0 Å². The molecule has 0 aliphatic carbocycles. The number of rotatable bonds is 4. The fourth-order valence-corrected chi connectivity index (χ4v) is 1.45. The number of nitrogens with zero attached hydrogens (tertiary/aromatic N) is 1. The molecule has 88 valence electrons. The molecule has 1 amide bonds. The SMILES string of the molecule is Cc1cnccc1CNC(=O)C(Br)C(C)C. The Morgan fingerprint density at radius 3 is 2.81 bits per heavy atom. The van der Waals surface area contributed by atoms with E-state index in [0.29, 0.717) is 12.5 Å². The molecule has 0 aliphatic heterocycles. The number of hydrogen-bond donors (Lipinski definition) is 1.